The first-order valence-electron chi connectivity index (χ1n) is 29.5. The number of amidine groups is 1. The van der Waals surface area contributed by atoms with Crippen molar-refractivity contribution < 1.29 is 33.0 Å². The van der Waals surface area contributed by atoms with Crippen molar-refractivity contribution in [1.82, 2.24) is 39.7 Å². The Bertz CT molecular complexity index is 3460. The number of piperazine rings is 1. The van der Waals surface area contributed by atoms with Gasteiger partial charge in [-0.1, -0.05) is 74.3 Å². The lowest BCUT2D eigenvalue weighted by Crippen LogP contribution is -2.60. The van der Waals surface area contributed by atoms with E-state index in [4.69, 9.17) is 53.2 Å². The lowest BCUT2D eigenvalue weighted by Gasteiger charge is -2.47. The number of carbonyl (C=O) groups excluding carboxylic acids is 3. The van der Waals surface area contributed by atoms with E-state index in [0.29, 0.717) is 123 Å². The molecule has 6 heterocycles. The molecule has 0 spiro atoms. The van der Waals surface area contributed by atoms with Crippen LogP contribution in [-0.4, -0.2) is 144 Å². The fraction of sp³-hybridized carbons (Fsp3) is 0.446. The highest BCUT2D eigenvalue weighted by Gasteiger charge is 2.60. The molecule has 4 aliphatic heterocycles. The van der Waals surface area contributed by atoms with E-state index in [9.17, 15) is 14.0 Å². The second-order valence-electron chi connectivity index (χ2n) is 23.8. The predicted octanol–water partition coefficient (Wildman–Crippen LogP) is 10.8. The van der Waals surface area contributed by atoms with Crippen LogP contribution in [0.1, 0.15) is 116 Å². The van der Waals surface area contributed by atoms with Gasteiger partial charge in [0.15, 0.2) is 0 Å². The van der Waals surface area contributed by atoms with Crippen molar-refractivity contribution in [3.63, 3.8) is 0 Å². The van der Waals surface area contributed by atoms with Crippen LogP contribution in [0.15, 0.2) is 102 Å². The summed E-state index contributed by atoms with van der Waals surface area (Å²) in [5.41, 5.74) is 12.9. The van der Waals surface area contributed by atoms with Crippen molar-refractivity contribution in [2.45, 2.75) is 103 Å². The first kappa shape index (κ1) is 61.0. The first-order chi connectivity index (χ1) is 40.7. The first-order valence-corrected chi connectivity index (χ1v) is 30.2. The number of anilines is 2. The van der Waals surface area contributed by atoms with E-state index in [1.165, 1.54) is 12.1 Å². The maximum absolute atomic E-state index is 15.5. The van der Waals surface area contributed by atoms with Crippen LogP contribution in [0.25, 0.3) is 11.1 Å². The third-order valence-corrected chi connectivity index (χ3v) is 17.9. The minimum Gasteiger partial charge on any atom is -0.493 e. The molecular weight excluding hydrogens is 1120 g/mol. The van der Waals surface area contributed by atoms with Gasteiger partial charge in [-0.05, 0) is 129 Å². The van der Waals surface area contributed by atoms with E-state index in [0.717, 1.165) is 57.6 Å². The molecule has 4 aromatic carbocycles. The van der Waals surface area contributed by atoms with E-state index >= 15 is 4.79 Å². The molecule has 3 atom stereocenters. The number of fused-ring (bicyclic) bond motifs is 8. The van der Waals surface area contributed by atoms with Gasteiger partial charge >= 0.3 is 6.03 Å². The minimum absolute atomic E-state index is 0.145. The summed E-state index contributed by atoms with van der Waals surface area (Å²) in [5.74, 6) is 0.761. The molecule has 0 unspecified atom stereocenters. The number of hydrogen-bond acceptors (Lipinski definition) is 12. The van der Waals surface area contributed by atoms with Gasteiger partial charge in [-0.15, -0.1) is 0 Å². The Kier molecular flexibility index (Phi) is 18.3. The van der Waals surface area contributed by atoms with Crippen molar-refractivity contribution >= 4 is 58.4 Å². The molecule has 20 heteroatoms. The van der Waals surface area contributed by atoms with Gasteiger partial charge in [-0.2, -0.15) is 5.10 Å². The van der Waals surface area contributed by atoms with Crippen molar-refractivity contribution in [2.24, 2.45) is 4.99 Å². The average Bonchev–Trinajstić information content (AvgIpc) is 1.75. The van der Waals surface area contributed by atoms with Crippen molar-refractivity contribution in [3.8, 4) is 16.9 Å². The fourth-order valence-electron chi connectivity index (χ4n) is 12.4. The van der Waals surface area contributed by atoms with Gasteiger partial charge < -0.3 is 40.0 Å². The molecule has 85 heavy (non-hydrogen) atoms. The van der Waals surface area contributed by atoms with E-state index in [-0.39, 0.29) is 48.9 Å². The SMILES string of the molecule is CCOc1cc(C(C)(C)C)ccc1C1=N[C@@](C)(c2ccc(Cl)cc2)[C@@](C)(c2ccc(Cl)cc2)N1C(=O)N1CCN(CCOCCOCCC(=O)NCCn2nc3c(c2C)-c2cnc(N)c(c2)N2CCC[C@@H]2c2cc(F)ccc2C(=O)N(C)C3)CC1. The maximum Gasteiger partial charge on any atom is 0.326 e. The number of pyridine rings is 1. The van der Waals surface area contributed by atoms with Crippen molar-refractivity contribution in [2.75, 3.05) is 96.5 Å². The highest BCUT2D eigenvalue weighted by Crippen LogP contribution is 2.54. The molecule has 2 saturated heterocycles. The van der Waals surface area contributed by atoms with Crippen LogP contribution in [0, 0.1) is 12.7 Å². The number of nitrogens with two attached hydrogens (primary N) is 1. The molecule has 4 amide bonds. The molecule has 0 radical (unpaired) electrons. The molecular formula is C65H78Cl2FN11O6. The molecule has 0 aliphatic carbocycles. The molecule has 17 nitrogen and oxygen atoms in total. The number of aliphatic imine (C=N–C) groups is 1. The molecule has 2 aromatic heterocycles. The Morgan fingerprint density at radius 3 is 2.22 bits per heavy atom. The van der Waals surface area contributed by atoms with Gasteiger partial charge in [-0.3, -0.25) is 29.1 Å². The number of hydrogen-bond donors (Lipinski definition) is 2. The number of rotatable bonds is 17. The Balaban J connectivity index is 0.715. The maximum atomic E-state index is 15.5. The lowest BCUT2D eigenvalue weighted by atomic mass is 9.71. The zero-order valence-electron chi connectivity index (χ0n) is 50.0. The van der Waals surface area contributed by atoms with Gasteiger partial charge in [0.1, 0.15) is 34.3 Å². The van der Waals surface area contributed by atoms with Crippen LogP contribution in [0.3, 0.4) is 0 Å². The molecule has 6 aromatic rings. The summed E-state index contributed by atoms with van der Waals surface area (Å²) in [6.45, 7) is 21.0. The normalized spacial score (nSPS) is 19.9. The van der Waals surface area contributed by atoms with E-state index in [1.54, 1.807) is 24.2 Å². The second kappa shape index (κ2) is 25.5. The van der Waals surface area contributed by atoms with E-state index in [1.807, 2.05) is 89.0 Å². The third kappa shape index (κ3) is 12.5. The topological polar surface area (TPSA) is 176 Å². The summed E-state index contributed by atoms with van der Waals surface area (Å²) >= 11 is 13.0. The number of ether oxygens (including phenoxy) is 3. The lowest BCUT2D eigenvalue weighted by molar-refractivity contribution is -0.122. The number of benzene rings is 4. The summed E-state index contributed by atoms with van der Waals surface area (Å²) in [7, 11) is 1.73. The van der Waals surface area contributed by atoms with Crippen LogP contribution in [-0.2, 0) is 43.9 Å². The van der Waals surface area contributed by atoms with Crippen molar-refractivity contribution in [1.29, 1.82) is 0 Å². The summed E-state index contributed by atoms with van der Waals surface area (Å²) in [4.78, 5) is 62.7. The van der Waals surface area contributed by atoms with Crippen molar-refractivity contribution in [3.05, 3.63) is 158 Å². The van der Waals surface area contributed by atoms with Gasteiger partial charge in [-0.25, -0.2) is 14.2 Å². The number of carbonyl (C=O) groups is 3. The van der Waals surface area contributed by atoms with Gasteiger partial charge in [0.25, 0.3) is 5.91 Å². The summed E-state index contributed by atoms with van der Waals surface area (Å²) < 4.78 is 34.8. The Labute approximate surface area is 508 Å². The van der Waals surface area contributed by atoms with Crippen LogP contribution in [0.4, 0.5) is 20.7 Å². The average molecular weight is 1200 g/mol. The fourth-order valence-corrected chi connectivity index (χ4v) is 12.7. The zero-order chi connectivity index (χ0) is 60.4. The Hall–Kier alpha value is -7.09. The number of nitrogens with zero attached hydrogens (tertiary/aromatic N) is 9. The minimum atomic E-state index is -1.04. The standard InChI is InChI=1S/C65H78Cl2FN11O6/c1-9-85-56-38-46(63(3,4)5)16-22-51(56)60-72-64(6,44-12-17-47(66)18-13-44)65(7,45-14-19-48(67)20-15-45)79(60)62(82)76-30-28-75(29-31-76)32-34-84-36-35-83-33-24-57(80)70-25-27-78-42(2)58-43-37-55(59(69)71-40-43)77-26-10-11-54(77)52-39-49(68)21-23-50(52)61(81)74(8)41-53(58)73-78/h12-23,37-40,54H,9-11,24-36,41H2,1-8H3,(H2,69,71)(H,70,80)/t54-,64+,65-/m1/s1. The molecule has 4 aliphatic rings. The highest BCUT2D eigenvalue weighted by atomic mass is 35.5. The zero-order valence-corrected chi connectivity index (χ0v) is 51.5. The predicted molar refractivity (Wildman–Crippen MR) is 331 cm³/mol. The van der Waals surface area contributed by atoms with Crippen LogP contribution >= 0.6 is 23.2 Å². The number of nitrogen functional groups attached to an aromatic ring is 1. The molecule has 10 rings (SSSR count). The molecule has 2 fully saturated rings. The monoisotopic (exact) mass is 1200 g/mol. The van der Waals surface area contributed by atoms with Gasteiger partial charge in [0, 0.05) is 97.9 Å². The summed E-state index contributed by atoms with van der Waals surface area (Å²) in [6, 6.07) is 27.6. The van der Waals surface area contributed by atoms with Crippen LogP contribution in [0.2, 0.25) is 10.0 Å². The number of nitrogens with one attached hydrogen (secondary N) is 1. The van der Waals surface area contributed by atoms with E-state index in [2.05, 4.69) is 66.9 Å². The Morgan fingerprint density at radius 1 is 0.847 bits per heavy atom. The second-order valence-corrected chi connectivity index (χ2v) is 24.6. The van der Waals surface area contributed by atoms with Gasteiger partial charge in [0.2, 0.25) is 5.91 Å². The van der Waals surface area contributed by atoms with Gasteiger partial charge in [0.05, 0.1) is 69.1 Å². The Morgan fingerprint density at radius 2 is 1.53 bits per heavy atom. The smallest absolute Gasteiger partial charge is 0.326 e. The number of aromatic nitrogens is 3. The summed E-state index contributed by atoms with van der Waals surface area (Å²) in [5, 5.41) is 9.15. The van der Waals surface area contributed by atoms with E-state index < -0.39 is 16.9 Å². The number of amides is 4. The number of halogens is 3. The summed E-state index contributed by atoms with van der Waals surface area (Å²) in [6.07, 6.45) is 3.50. The van der Waals surface area contributed by atoms with Crippen LogP contribution in [0.5, 0.6) is 5.75 Å². The molecule has 3 N–H and O–H groups in total. The largest absolute Gasteiger partial charge is 0.493 e. The number of urea groups is 1. The molecule has 450 valence electrons. The third-order valence-electron chi connectivity index (χ3n) is 17.4. The highest BCUT2D eigenvalue weighted by molar-refractivity contribution is 6.30. The quantitative estimate of drug-likeness (QED) is 0.0831. The van der Waals surface area contributed by atoms with Crippen LogP contribution < -0.4 is 20.7 Å². The molecule has 0 saturated carbocycles. The molecule has 2 bridgehead atoms.